The van der Waals surface area contributed by atoms with Crippen LogP contribution in [0.3, 0.4) is 0 Å². The molecule has 2 N–H and O–H groups in total. The Labute approximate surface area is 190 Å². The summed E-state index contributed by atoms with van der Waals surface area (Å²) in [5.74, 6) is -3.61. The van der Waals surface area contributed by atoms with Gasteiger partial charge in [0.2, 0.25) is 5.91 Å². The molecular formula is C24H27NO6S. The van der Waals surface area contributed by atoms with E-state index in [9.17, 15) is 19.5 Å². The maximum Gasteiger partial charge on any atom is 0.341 e. The second kappa shape index (κ2) is 9.03. The van der Waals surface area contributed by atoms with Crippen molar-refractivity contribution in [3.05, 3.63) is 40.3 Å². The molecule has 2 aromatic rings. The SMILES string of the molecule is CCCOC(=O)c1c(-c2ccc(C)cc2C)csc1NC(=O)[C@@H]1[C@@H](C(=O)O)[C@H]2CC[C@H]1O2. The highest BCUT2D eigenvalue weighted by Crippen LogP contribution is 2.45. The van der Waals surface area contributed by atoms with Crippen LogP contribution in [-0.4, -0.2) is 41.8 Å². The molecule has 32 heavy (non-hydrogen) atoms. The Kier molecular flexibility index (Phi) is 6.35. The van der Waals surface area contributed by atoms with Gasteiger partial charge < -0.3 is 19.9 Å². The van der Waals surface area contributed by atoms with E-state index >= 15 is 0 Å². The molecule has 0 aliphatic carbocycles. The van der Waals surface area contributed by atoms with Crippen LogP contribution >= 0.6 is 11.3 Å². The predicted molar refractivity (Wildman–Crippen MR) is 121 cm³/mol. The van der Waals surface area contributed by atoms with Crippen LogP contribution in [0.1, 0.15) is 47.7 Å². The number of aliphatic carboxylic acids is 1. The number of ether oxygens (including phenoxy) is 2. The second-order valence-electron chi connectivity index (χ2n) is 8.48. The molecule has 1 aromatic heterocycles. The van der Waals surface area contributed by atoms with E-state index in [4.69, 9.17) is 9.47 Å². The molecule has 2 bridgehead atoms. The predicted octanol–water partition coefficient (Wildman–Crippen LogP) is 4.42. The van der Waals surface area contributed by atoms with E-state index in [1.807, 2.05) is 44.4 Å². The summed E-state index contributed by atoms with van der Waals surface area (Å²) in [6.07, 6.45) is 1.15. The summed E-state index contributed by atoms with van der Waals surface area (Å²) in [6, 6.07) is 5.97. The first-order chi connectivity index (χ1) is 15.3. The van der Waals surface area contributed by atoms with Crippen LogP contribution in [0, 0.1) is 25.7 Å². The molecular weight excluding hydrogens is 430 g/mol. The number of hydrogen-bond donors (Lipinski definition) is 2. The van der Waals surface area contributed by atoms with E-state index < -0.39 is 41.9 Å². The van der Waals surface area contributed by atoms with E-state index in [1.54, 1.807) is 0 Å². The smallest absolute Gasteiger partial charge is 0.341 e. The number of aryl methyl sites for hydroxylation is 2. The number of carbonyl (C=O) groups is 3. The lowest BCUT2D eigenvalue weighted by Crippen LogP contribution is -2.41. The number of nitrogens with one attached hydrogen (secondary N) is 1. The summed E-state index contributed by atoms with van der Waals surface area (Å²) in [4.78, 5) is 37.9. The summed E-state index contributed by atoms with van der Waals surface area (Å²) in [5.41, 5.74) is 4.02. The molecule has 2 fully saturated rings. The number of carboxylic acid groups (broad SMARTS) is 1. The van der Waals surface area contributed by atoms with Gasteiger partial charge in [0.25, 0.3) is 0 Å². The zero-order valence-corrected chi connectivity index (χ0v) is 19.2. The van der Waals surface area contributed by atoms with Crippen molar-refractivity contribution in [3.63, 3.8) is 0 Å². The van der Waals surface area contributed by atoms with Gasteiger partial charge in [0.05, 0.1) is 30.7 Å². The minimum absolute atomic E-state index is 0.274. The van der Waals surface area contributed by atoms with Crippen LogP contribution in [0.2, 0.25) is 0 Å². The van der Waals surface area contributed by atoms with Crippen molar-refractivity contribution in [2.24, 2.45) is 11.8 Å². The second-order valence-corrected chi connectivity index (χ2v) is 9.36. The average Bonchev–Trinajstić information content (AvgIpc) is 3.46. The normalized spacial score (nSPS) is 23.8. The lowest BCUT2D eigenvalue weighted by molar-refractivity contribution is -0.147. The maximum atomic E-state index is 13.2. The van der Waals surface area contributed by atoms with Crippen molar-refractivity contribution in [2.45, 2.75) is 52.2 Å². The first-order valence-corrected chi connectivity index (χ1v) is 11.7. The first-order valence-electron chi connectivity index (χ1n) is 10.9. The van der Waals surface area contributed by atoms with Crippen LogP contribution < -0.4 is 5.32 Å². The molecule has 0 saturated carbocycles. The molecule has 1 aromatic carbocycles. The fourth-order valence-corrected chi connectivity index (χ4v) is 5.70. The lowest BCUT2D eigenvalue weighted by atomic mass is 9.78. The van der Waals surface area contributed by atoms with Crippen LogP contribution in [0.4, 0.5) is 5.00 Å². The largest absolute Gasteiger partial charge is 0.481 e. The summed E-state index contributed by atoms with van der Waals surface area (Å²) in [6.45, 7) is 6.16. The van der Waals surface area contributed by atoms with Gasteiger partial charge in [0.1, 0.15) is 10.6 Å². The van der Waals surface area contributed by atoms with Gasteiger partial charge in [-0.1, -0.05) is 30.7 Å². The number of benzene rings is 1. The number of fused-ring (bicyclic) bond motifs is 2. The zero-order chi connectivity index (χ0) is 23.0. The topological polar surface area (TPSA) is 102 Å². The van der Waals surface area contributed by atoms with Crippen molar-refractivity contribution in [3.8, 4) is 11.1 Å². The fraction of sp³-hybridized carbons (Fsp3) is 0.458. The lowest BCUT2D eigenvalue weighted by Gasteiger charge is -2.23. The summed E-state index contributed by atoms with van der Waals surface area (Å²) < 4.78 is 11.1. The Bertz CT molecular complexity index is 1060. The number of rotatable bonds is 7. The standard InChI is InChI=1S/C24H27NO6S/c1-4-9-30-24(29)18-15(14-6-5-12(2)10-13(14)3)11-32-22(18)25-21(26)19-16-7-8-17(31-16)20(19)23(27)28/h5-6,10-11,16-17,19-20H,4,7-9H2,1-3H3,(H,25,26)(H,27,28)/t16-,17-,19+,20+/m1/s1. The zero-order valence-electron chi connectivity index (χ0n) is 18.3. The quantitative estimate of drug-likeness (QED) is 0.597. The molecule has 4 rings (SSSR count). The molecule has 2 aliphatic heterocycles. The Morgan fingerprint density at radius 3 is 2.53 bits per heavy atom. The molecule has 0 unspecified atom stereocenters. The van der Waals surface area contributed by atoms with Gasteiger partial charge in [-0.2, -0.15) is 0 Å². The van der Waals surface area contributed by atoms with Crippen molar-refractivity contribution in [1.29, 1.82) is 0 Å². The third-order valence-corrected chi connectivity index (χ3v) is 7.10. The fourth-order valence-electron chi connectivity index (χ4n) is 4.75. The van der Waals surface area contributed by atoms with E-state index in [1.165, 1.54) is 11.3 Å². The van der Waals surface area contributed by atoms with Gasteiger partial charge in [-0.15, -0.1) is 11.3 Å². The first kappa shape index (κ1) is 22.5. The monoisotopic (exact) mass is 457 g/mol. The highest BCUT2D eigenvalue weighted by molar-refractivity contribution is 7.15. The number of carbonyl (C=O) groups excluding carboxylic acids is 2. The van der Waals surface area contributed by atoms with Crippen LogP contribution in [-0.2, 0) is 19.1 Å². The van der Waals surface area contributed by atoms with Gasteiger partial charge in [-0.3, -0.25) is 9.59 Å². The number of thiophene rings is 1. The third kappa shape index (κ3) is 4.04. The van der Waals surface area contributed by atoms with Gasteiger partial charge >= 0.3 is 11.9 Å². The summed E-state index contributed by atoms with van der Waals surface area (Å²) in [5, 5.41) is 14.7. The van der Waals surface area contributed by atoms with Crippen LogP contribution in [0.15, 0.2) is 23.6 Å². The van der Waals surface area contributed by atoms with Gasteiger partial charge in [-0.05, 0) is 44.2 Å². The number of anilines is 1. The molecule has 7 nitrogen and oxygen atoms in total. The Hall–Kier alpha value is -2.71. The molecule has 1 amide bonds. The molecule has 170 valence electrons. The Morgan fingerprint density at radius 2 is 1.88 bits per heavy atom. The van der Waals surface area contributed by atoms with Gasteiger partial charge in [0.15, 0.2) is 0 Å². The molecule has 4 atom stereocenters. The number of hydrogen-bond acceptors (Lipinski definition) is 6. The number of amides is 1. The van der Waals surface area contributed by atoms with Crippen molar-refractivity contribution >= 4 is 34.2 Å². The van der Waals surface area contributed by atoms with Crippen molar-refractivity contribution < 1.29 is 29.0 Å². The van der Waals surface area contributed by atoms with Gasteiger partial charge in [0, 0.05) is 10.9 Å². The molecule has 2 aliphatic rings. The van der Waals surface area contributed by atoms with E-state index in [2.05, 4.69) is 5.32 Å². The van der Waals surface area contributed by atoms with Crippen LogP contribution in [0.5, 0.6) is 0 Å². The highest BCUT2D eigenvalue weighted by Gasteiger charge is 2.55. The van der Waals surface area contributed by atoms with Crippen molar-refractivity contribution in [2.75, 3.05) is 11.9 Å². The van der Waals surface area contributed by atoms with E-state index in [0.29, 0.717) is 35.4 Å². The minimum atomic E-state index is -1.03. The third-order valence-electron chi connectivity index (χ3n) is 6.20. The van der Waals surface area contributed by atoms with E-state index in [0.717, 1.165) is 16.7 Å². The minimum Gasteiger partial charge on any atom is -0.481 e. The molecule has 3 heterocycles. The molecule has 0 spiro atoms. The summed E-state index contributed by atoms with van der Waals surface area (Å²) in [7, 11) is 0. The highest BCUT2D eigenvalue weighted by atomic mass is 32.1. The van der Waals surface area contributed by atoms with Gasteiger partial charge in [-0.25, -0.2) is 4.79 Å². The van der Waals surface area contributed by atoms with E-state index in [-0.39, 0.29) is 6.61 Å². The Morgan fingerprint density at radius 1 is 1.16 bits per heavy atom. The van der Waals surface area contributed by atoms with Crippen LogP contribution in [0.25, 0.3) is 11.1 Å². The maximum absolute atomic E-state index is 13.2. The summed E-state index contributed by atoms with van der Waals surface area (Å²) >= 11 is 1.24. The Balaban J connectivity index is 1.68. The average molecular weight is 458 g/mol. The number of carboxylic acids is 1. The van der Waals surface area contributed by atoms with Crippen molar-refractivity contribution in [1.82, 2.24) is 0 Å². The molecule has 8 heteroatoms. The number of esters is 1. The molecule has 2 saturated heterocycles. The molecule has 0 radical (unpaired) electrons.